The van der Waals surface area contributed by atoms with Crippen LogP contribution >= 0.6 is 0 Å². The lowest BCUT2D eigenvalue weighted by atomic mass is 9.93. The van der Waals surface area contributed by atoms with Crippen molar-refractivity contribution in [3.8, 4) is 0 Å². The third kappa shape index (κ3) is 1.91. The van der Waals surface area contributed by atoms with Crippen molar-refractivity contribution >= 4 is 5.57 Å². The molecule has 1 aromatic carbocycles. The van der Waals surface area contributed by atoms with Crippen LogP contribution in [0.4, 0.5) is 4.39 Å². The molecule has 2 rings (SSSR count). The average molecular weight is 189 g/mol. The van der Waals surface area contributed by atoms with Crippen LogP contribution in [0.25, 0.3) is 5.57 Å². The SMILES string of the molecule is NC1(F)C=CC=C(c2ccccc2)C1. The van der Waals surface area contributed by atoms with Crippen molar-refractivity contribution in [2.75, 3.05) is 0 Å². The molecule has 1 aliphatic rings. The Kier molecular flexibility index (Phi) is 2.22. The fourth-order valence-electron chi connectivity index (χ4n) is 1.58. The van der Waals surface area contributed by atoms with Crippen molar-refractivity contribution < 1.29 is 4.39 Å². The van der Waals surface area contributed by atoms with Gasteiger partial charge in [-0.25, -0.2) is 4.39 Å². The third-order valence-corrected chi connectivity index (χ3v) is 2.28. The van der Waals surface area contributed by atoms with Gasteiger partial charge in [-0.15, -0.1) is 0 Å². The van der Waals surface area contributed by atoms with Gasteiger partial charge in [-0.05, 0) is 17.2 Å². The fraction of sp³-hybridized carbons (Fsp3) is 0.167. The molecule has 1 unspecified atom stereocenters. The van der Waals surface area contributed by atoms with E-state index in [1.54, 1.807) is 6.08 Å². The number of rotatable bonds is 1. The molecule has 0 aliphatic heterocycles. The van der Waals surface area contributed by atoms with E-state index in [-0.39, 0.29) is 6.42 Å². The molecule has 1 aromatic rings. The molecule has 0 amide bonds. The summed E-state index contributed by atoms with van der Waals surface area (Å²) in [6.45, 7) is 0. The number of hydrogen-bond acceptors (Lipinski definition) is 1. The molecule has 1 aliphatic carbocycles. The van der Waals surface area contributed by atoms with Gasteiger partial charge >= 0.3 is 0 Å². The maximum absolute atomic E-state index is 13.5. The van der Waals surface area contributed by atoms with Gasteiger partial charge in [0, 0.05) is 6.42 Å². The van der Waals surface area contributed by atoms with Gasteiger partial charge in [0.2, 0.25) is 0 Å². The number of halogens is 1. The second kappa shape index (κ2) is 3.39. The Hall–Kier alpha value is -1.41. The first-order chi connectivity index (χ1) is 6.67. The Morgan fingerprint density at radius 1 is 1.21 bits per heavy atom. The summed E-state index contributed by atoms with van der Waals surface area (Å²) in [6, 6.07) is 9.73. The van der Waals surface area contributed by atoms with Gasteiger partial charge in [0.05, 0.1) is 0 Å². The van der Waals surface area contributed by atoms with E-state index >= 15 is 0 Å². The molecule has 0 spiro atoms. The van der Waals surface area contributed by atoms with E-state index in [4.69, 9.17) is 5.73 Å². The number of nitrogens with two attached hydrogens (primary N) is 1. The summed E-state index contributed by atoms with van der Waals surface area (Å²) in [5.74, 6) is -1.69. The normalized spacial score (nSPS) is 26.0. The van der Waals surface area contributed by atoms with Crippen LogP contribution in [0.15, 0.2) is 48.6 Å². The van der Waals surface area contributed by atoms with Crippen molar-refractivity contribution in [2.24, 2.45) is 5.73 Å². The topological polar surface area (TPSA) is 26.0 Å². The molecule has 0 saturated carbocycles. The molecule has 0 saturated heterocycles. The van der Waals surface area contributed by atoms with Crippen molar-refractivity contribution in [2.45, 2.75) is 12.2 Å². The molecule has 0 heterocycles. The molecule has 1 atom stereocenters. The van der Waals surface area contributed by atoms with Crippen LogP contribution < -0.4 is 5.73 Å². The maximum atomic E-state index is 13.5. The van der Waals surface area contributed by atoms with E-state index in [2.05, 4.69) is 0 Å². The highest BCUT2D eigenvalue weighted by Crippen LogP contribution is 2.28. The summed E-state index contributed by atoms with van der Waals surface area (Å²) in [5.41, 5.74) is 7.39. The van der Waals surface area contributed by atoms with Gasteiger partial charge in [-0.2, -0.15) is 0 Å². The minimum atomic E-state index is -1.69. The molecule has 1 nitrogen and oxygen atoms in total. The summed E-state index contributed by atoms with van der Waals surface area (Å²) in [7, 11) is 0. The smallest absolute Gasteiger partial charge is 0.182 e. The average Bonchev–Trinajstić information content (AvgIpc) is 2.18. The Labute approximate surface area is 82.7 Å². The highest BCUT2D eigenvalue weighted by atomic mass is 19.1. The minimum absolute atomic E-state index is 0.244. The Balaban J connectivity index is 2.30. The van der Waals surface area contributed by atoms with Crippen LogP contribution in [0.5, 0.6) is 0 Å². The van der Waals surface area contributed by atoms with E-state index in [9.17, 15) is 4.39 Å². The molecule has 2 N–H and O–H groups in total. The zero-order chi connectivity index (χ0) is 10.0. The van der Waals surface area contributed by atoms with E-state index in [1.807, 2.05) is 36.4 Å². The van der Waals surface area contributed by atoms with E-state index in [0.717, 1.165) is 11.1 Å². The second-order valence-electron chi connectivity index (χ2n) is 3.52. The summed E-state index contributed by atoms with van der Waals surface area (Å²) >= 11 is 0. The van der Waals surface area contributed by atoms with Crippen LogP contribution in [0.1, 0.15) is 12.0 Å². The zero-order valence-corrected chi connectivity index (χ0v) is 7.78. The fourth-order valence-corrected chi connectivity index (χ4v) is 1.58. The molecule has 0 radical (unpaired) electrons. The highest BCUT2D eigenvalue weighted by Gasteiger charge is 2.24. The number of hydrogen-bond donors (Lipinski definition) is 1. The molecule has 0 bridgehead atoms. The summed E-state index contributed by atoms with van der Waals surface area (Å²) < 4.78 is 13.5. The lowest BCUT2D eigenvalue weighted by Gasteiger charge is -2.21. The molecule has 2 heteroatoms. The van der Waals surface area contributed by atoms with Crippen molar-refractivity contribution in [1.29, 1.82) is 0 Å². The van der Waals surface area contributed by atoms with Crippen LogP contribution in [-0.2, 0) is 0 Å². The largest absolute Gasteiger partial charge is 0.296 e. The summed E-state index contributed by atoms with van der Waals surface area (Å²) in [6.07, 6.45) is 5.21. The van der Waals surface area contributed by atoms with Crippen molar-refractivity contribution in [1.82, 2.24) is 0 Å². The predicted molar refractivity (Wildman–Crippen MR) is 56.2 cm³/mol. The van der Waals surface area contributed by atoms with Crippen LogP contribution in [0.2, 0.25) is 0 Å². The van der Waals surface area contributed by atoms with Gasteiger partial charge < -0.3 is 0 Å². The van der Waals surface area contributed by atoms with Crippen LogP contribution in [0.3, 0.4) is 0 Å². The van der Waals surface area contributed by atoms with E-state index < -0.39 is 5.79 Å². The second-order valence-corrected chi connectivity index (χ2v) is 3.52. The van der Waals surface area contributed by atoms with Crippen molar-refractivity contribution in [3.63, 3.8) is 0 Å². The first-order valence-electron chi connectivity index (χ1n) is 4.59. The van der Waals surface area contributed by atoms with Gasteiger partial charge in [0.1, 0.15) is 0 Å². The molecular weight excluding hydrogens is 177 g/mol. The van der Waals surface area contributed by atoms with E-state index in [0.29, 0.717) is 0 Å². The number of allylic oxidation sites excluding steroid dienone is 2. The van der Waals surface area contributed by atoms with Gasteiger partial charge in [0.15, 0.2) is 5.79 Å². The minimum Gasteiger partial charge on any atom is -0.296 e. The Bertz CT molecular complexity index is 377. The van der Waals surface area contributed by atoms with Crippen LogP contribution in [0, 0.1) is 0 Å². The first kappa shape index (κ1) is 9.16. The van der Waals surface area contributed by atoms with Crippen molar-refractivity contribution in [3.05, 3.63) is 54.1 Å². The Morgan fingerprint density at radius 2 is 1.93 bits per heavy atom. The lowest BCUT2D eigenvalue weighted by molar-refractivity contribution is 0.246. The number of benzene rings is 1. The predicted octanol–water partition coefficient (Wildman–Crippen LogP) is 2.65. The van der Waals surface area contributed by atoms with Gasteiger partial charge in [-0.3, -0.25) is 5.73 Å². The standard InChI is InChI=1S/C12H12FN/c13-12(14)8-4-7-11(9-12)10-5-2-1-3-6-10/h1-8H,9,14H2. The van der Waals surface area contributed by atoms with E-state index in [1.165, 1.54) is 6.08 Å². The summed E-state index contributed by atoms with van der Waals surface area (Å²) in [5, 5.41) is 0. The maximum Gasteiger partial charge on any atom is 0.182 e. The van der Waals surface area contributed by atoms with Crippen LogP contribution in [-0.4, -0.2) is 5.79 Å². The van der Waals surface area contributed by atoms with Gasteiger partial charge in [-0.1, -0.05) is 42.5 Å². The third-order valence-electron chi connectivity index (χ3n) is 2.28. The number of alkyl halides is 1. The molecule has 0 fully saturated rings. The highest BCUT2D eigenvalue weighted by molar-refractivity contribution is 5.69. The quantitative estimate of drug-likeness (QED) is 0.675. The molecule has 0 aromatic heterocycles. The first-order valence-corrected chi connectivity index (χ1v) is 4.59. The lowest BCUT2D eigenvalue weighted by Crippen LogP contribution is -2.33. The molecule has 14 heavy (non-hydrogen) atoms. The monoisotopic (exact) mass is 189 g/mol. The molecule has 72 valence electrons. The Morgan fingerprint density at radius 3 is 2.57 bits per heavy atom. The zero-order valence-electron chi connectivity index (χ0n) is 7.78. The molecular formula is C12H12FN. The van der Waals surface area contributed by atoms with Gasteiger partial charge in [0.25, 0.3) is 0 Å². The summed E-state index contributed by atoms with van der Waals surface area (Å²) in [4.78, 5) is 0.